The number of pyridine rings is 1. The Morgan fingerprint density at radius 2 is 2.42 bits per heavy atom. The molecule has 3 unspecified atom stereocenters. The molecule has 3 atom stereocenters. The Kier molecular flexibility index (Phi) is 2.35. The first-order valence-corrected chi connectivity index (χ1v) is 6.75. The van der Waals surface area contributed by atoms with E-state index in [0.29, 0.717) is 23.6 Å². The standard InChI is InChI=1S/C14H16N4O/c19-14(17-13-5-11-3-10(13)6-16-11)9-1-2-18-8-15-7-12(18)4-9/h1-2,4,7-8,10-11,13,16H,3,5-6H2,(H,17,19). The van der Waals surface area contributed by atoms with Gasteiger partial charge in [0.1, 0.15) is 0 Å². The van der Waals surface area contributed by atoms with Gasteiger partial charge in [0.2, 0.25) is 0 Å². The monoisotopic (exact) mass is 256 g/mol. The lowest BCUT2D eigenvalue weighted by atomic mass is 10.0. The molecular formula is C14H16N4O. The van der Waals surface area contributed by atoms with Gasteiger partial charge in [-0.15, -0.1) is 0 Å². The number of piperidine rings is 1. The van der Waals surface area contributed by atoms with Gasteiger partial charge >= 0.3 is 0 Å². The van der Waals surface area contributed by atoms with Gasteiger partial charge in [0, 0.05) is 30.4 Å². The normalized spacial score (nSPS) is 28.9. The highest BCUT2D eigenvalue weighted by atomic mass is 16.1. The molecule has 5 nitrogen and oxygen atoms in total. The zero-order chi connectivity index (χ0) is 12.8. The van der Waals surface area contributed by atoms with E-state index >= 15 is 0 Å². The van der Waals surface area contributed by atoms with E-state index in [2.05, 4.69) is 15.6 Å². The van der Waals surface area contributed by atoms with Crippen LogP contribution in [0.4, 0.5) is 0 Å². The van der Waals surface area contributed by atoms with Gasteiger partial charge < -0.3 is 15.0 Å². The molecule has 2 aromatic rings. The molecule has 3 heterocycles. The topological polar surface area (TPSA) is 58.4 Å². The average Bonchev–Trinajstić information content (AvgIpc) is 3.13. The lowest BCUT2D eigenvalue weighted by molar-refractivity contribution is 0.0925. The Balaban J connectivity index is 1.53. The molecule has 1 aliphatic heterocycles. The smallest absolute Gasteiger partial charge is 0.251 e. The Morgan fingerprint density at radius 3 is 3.21 bits per heavy atom. The minimum absolute atomic E-state index is 0.0289. The number of hydrogen-bond acceptors (Lipinski definition) is 3. The van der Waals surface area contributed by atoms with E-state index in [1.807, 2.05) is 22.7 Å². The SMILES string of the molecule is O=C(NC1CC2CC1CN2)c1ccn2cncc2c1. The van der Waals surface area contributed by atoms with Gasteiger partial charge in [-0.2, -0.15) is 0 Å². The van der Waals surface area contributed by atoms with Crippen molar-refractivity contribution in [1.82, 2.24) is 20.0 Å². The third kappa shape index (κ3) is 1.81. The Morgan fingerprint density at radius 1 is 1.47 bits per heavy atom. The highest BCUT2D eigenvalue weighted by Crippen LogP contribution is 2.31. The molecule has 2 bridgehead atoms. The average molecular weight is 256 g/mol. The number of carbonyl (C=O) groups excluding carboxylic acids is 1. The van der Waals surface area contributed by atoms with Crippen molar-refractivity contribution in [3.8, 4) is 0 Å². The minimum atomic E-state index is 0.0289. The van der Waals surface area contributed by atoms with Crippen LogP contribution in [0, 0.1) is 5.92 Å². The van der Waals surface area contributed by atoms with Gasteiger partial charge in [-0.25, -0.2) is 4.98 Å². The second kappa shape index (κ2) is 4.06. The van der Waals surface area contributed by atoms with Crippen LogP contribution in [-0.4, -0.2) is 33.9 Å². The van der Waals surface area contributed by atoms with E-state index in [0.717, 1.165) is 18.5 Å². The van der Waals surface area contributed by atoms with Gasteiger partial charge in [-0.3, -0.25) is 4.79 Å². The maximum atomic E-state index is 12.3. The zero-order valence-corrected chi connectivity index (χ0v) is 10.5. The number of aromatic nitrogens is 2. The molecule has 2 aliphatic rings. The fourth-order valence-corrected chi connectivity index (χ4v) is 3.32. The Labute approximate surface area is 111 Å². The summed E-state index contributed by atoms with van der Waals surface area (Å²) in [6.07, 6.45) is 7.63. The van der Waals surface area contributed by atoms with Crippen molar-refractivity contribution in [2.75, 3.05) is 6.54 Å². The van der Waals surface area contributed by atoms with Crippen LogP contribution in [0.2, 0.25) is 0 Å². The van der Waals surface area contributed by atoms with E-state index < -0.39 is 0 Å². The number of hydrogen-bond donors (Lipinski definition) is 2. The van der Waals surface area contributed by atoms with Gasteiger partial charge in [-0.1, -0.05) is 0 Å². The number of imidazole rings is 1. The van der Waals surface area contributed by atoms with Gasteiger partial charge in [-0.05, 0) is 30.9 Å². The molecule has 1 saturated heterocycles. The molecule has 2 fully saturated rings. The first-order valence-electron chi connectivity index (χ1n) is 6.75. The van der Waals surface area contributed by atoms with Gasteiger partial charge in [0.05, 0.1) is 18.0 Å². The van der Waals surface area contributed by atoms with E-state index in [9.17, 15) is 4.79 Å². The maximum absolute atomic E-state index is 12.3. The molecule has 0 spiro atoms. The molecule has 19 heavy (non-hydrogen) atoms. The number of carbonyl (C=O) groups is 1. The zero-order valence-electron chi connectivity index (χ0n) is 10.5. The van der Waals surface area contributed by atoms with E-state index in [4.69, 9.17) is 0 Å². The van der Waals surface area contributed by atoms with Crippen molar-refractivity contribution in [1.29, 1.82) is 0 Å². The number of nitrogens with zero attached hydrogens (tertiary/aromatic N) is 2. The molecule has 1 amide bonds. The van der Waals surface area contributed by atoms with Crippen molar-refractivity contribution >= 4 is 11.4 Å². The second-order valence-corrected chi connectivity index (χ2v) is 5.56. The van der Waals surface area contributed by atoms with Gasteiger partial charge in [0.25, 0.3) is 5.91 Å². The third-order valence-corrected chi connectivity index (χ3v) is 4.36. The molecule has 0 aromatic carbocycles. The lowest BCUT2D eigenvalue weighted by Crippen LogP contribution is -2.44. The molecule has 2 N–H and O–H groups in total. The Hall–Kier alpha value is -1.88. The fraction of sp³-hybridized carbons (Fsp3) is 0.429. The predicted octanol–water partition coefficient (Wildman–Crippen LogP) is 0.814. The first kappa shape index (κ1) is 11.0. The Bertz CT molecular complexity index is 635. The molecule has 0 radical (unpaired) electrons. The quantitative estimate of drug-likeness (QED) is 0.836. The first-order chi connectivity index (χ1) is 9.29. The summed E-state index contributed by atoms with van der Waals surface area (Å²) in [5.74, 6) is 0.633. The predicted molar refractivity (Wildman–Crippen MR) is 71.0 cm³/mol. The van der Waals surface area contributed by atoms with Crippen LogP contribution in [0.3, 0.4) is 0 Å². The molecule has 1 saturated carbocycles. The minimum Gasteiger partial charge on any atom is -0.349 e. The van der Waals surface area contributed by atoms with Crippen LogP contribution < -0.4 is 10.6 Å². The summed E-state index contributed by atoms with van der Waals surface area (Å²) in [6, 6.07) is 4.66. The summed E-state index contributed by atoms with van der Waals surface area (Å²) in [5, 5.41) is 6.63. The summed E-state index contributed by atoms with van der Waals surface area (Å²) in [7, 11) is 0. The molecule has 1 aliphatic carbocycles. The molecule has 4 rings (SSSR count). The number of fused-ring (bicyclic) bond motifs is 3. The van der Waals surface area contributed by atoms with Crippen LogP contribution in [0.15, 0.2) is 30.9 Å². The van der Waals surface area contributed by atoms with Crippen LogP contribution in [0.1, 0.15) is 23.2 Å². The van der Waals surface area contributed by atoms with Crippen molar-refractivity contribution in [3.63, 3.8) is 0 Å². The van der Waals surface area contributed by atoms with Crippen molar-refractivity contribution in [2.24, 2.45) is 5.92 Å². The van der Waals surface area contributed by atoms with E-state index in [1.165, 1.54) is 6.42 Å². The summed E-state index contributed by atoms with van der Waals surface area (Å²) in [5.41, 5.74) is 1.66. The molecule has 2 aromatic heterocycles. The van der Waals surface area contributed by atoms with Crippen molar-refractivity contribution < 1.29 is 4.79 Å². The second-order valence-electron chi connectivity index (χ2n) is 5.56. The van der Waals surface area contributed by atoms with Crippen LogP contribution in [-0.2, 0) is 0 Å². The van der Waals surface area contributed by atoms with Crippen LogP contribution in [0.25, 0.3) is 5.52 Å². The summed E-state index contributed by atoms with van der Waals surface area (Å²) in [4.78, 5) is 16.3. The number of nitrogens with one attached hydrogen (secondary N) is 2. The largest absolute Gasteiger partial charge is 0.349 e. The maximum Gasteiger partial charge on any atom is 0.251 e. The molecule has 5 heteroatoms. The highest BCUT2D eigenvalue weighted by Gasteiger charge is 2.40. The van der Waals surface area contributed by atoms with Crippen LogP contribution in [0.5, 0.6) is 0 Å². The molecule has 98 valence electrons. The fourth-order valence-electron chi connectivity index (χ4n) is 3.32. The van der Waals surface area contributed by atoms with Crippen molar-refractivity contribution in [2.45, 2.75) is 24.9 Å². The van der Waals surface area contributed by atoms with E-state index in [-0.39, 0.29) is 5.91 Å². The lowest BCUT2D eigenvalue weighted by Gasteiger charge is -2.23. The summed E-state index contributed by atoms with van der Waals surface area (Å²) in [6.45, 7) is 1.04. The number of rotatable bonds is 2. The summed E-state index contributed by atoms with van der Waals surface area (Å²) < 4.78 is 1.90. The van der Waals surface area contributed by atoms with Crippen molar-refractivity contribution in [3.05, 3.63) is 36.4 Å². The highest BCUT2D eigenvalue weighted by molar-refractivity contribution is 5.95. The molecular weight excluding hydrogens is 240 g/mol. The van der Waals surface area contributed by atoms with Crippen LogP contribution >= 0.6 is 0 Å². The third-order valence-electron chi connectivity index (χ3n) is 4.36. The summed E-state index contributed by atoms with van der Waals surface area (Å²) >= 11 is 0. The van der Waals surface area contributed by atoms with Gasteiger partial charge in [0.15, 0.2) is 0 Å². The van der Waals surface area contributed by atoms with E-state index in [1.54, 1.807) is 12.5 Å². The number of amides is 1.